The van der Waals surface area contributed by atoms with Crippen molar-refractivity contribution in [1.82, 2.24) is 0 Å². The first kappa shape index (κ1) is 12.0. The van der Waals surface area contributed by atoms with Gasteiger partial charge in [0.15, 0.2) is 0 Å². The van der Waals surface area contributed by atoms with Crippen LogP contribution in [-0.2, 0) is 11.8 Å². The molecule has 0 aromatic heterocycles. The van der Waals surface area contributed by atoms with Gasteiger partial charge < -0.3 is 5.32 Å². The van der Waals surface area contributed by atoms with Crippen LogP contribution in [0.25, 0.3) is 0 Å². The normalized spacial score (nSPS) is 25.9. The maximum absolute atomic E-state index is 3.81. The Bertz CT molecular complexity index is 656. The van der Waals surface area contributed by atoms with E-state index < -0.39 is 0 Å². The first-order chi connectivity index (χ1) is 9.68. The average Bonchev–Trinajstić information content (AvgIpc) is 2.47. The van der Waals surface area contributed by atoms with Crippen LogP contribution in [0.15, 0.2) is 48.5 Å². The Labute approximate surface area is 121 Å². The van der Waals surface area contributed by atoms with Gasteiger partial charge in [-0.25, -0.2) is 0 Å². The zero-order valence-electron chi connectivity index (χ0n) is 12.2. The third-order valence-corrected chi connectivity index (χ3v) is 5.38. The van der Waals surface area contributed by atoms with E-state index in [1.54, 1.807) is 0 Å². The molecule has 1 N–H and O–H groups in total. The van der Waals surface area contributed by atoms with Crippen molar-refractivity contribution in [3.05, 3.63) is 65.2 Å². The zero-order valence-corrected chi connectivity index (χ0v) is 12.2. The summed E-state index contributed by atoms with van der Waals surface area (Å²) in [4.78, 5) is 0. The highest BCUT2D eigenvalue weighted by molar-refractivity contribution is 5.60. The molecule has 0 unspecified atom stereocenters. The summed E-state index contributed by atoms with van der Waals surface area (Å²) in [6.07, 6.45) is 2.49. The Morgan fingerprint density at radius 3 is 2.65 bits per heavy atom. The van der Waals surface area contributed by atoms with Gasteiger partial charge in [0, 0.05) is 5.69 Å². The molecule has 0 amide bonds. The summed E-state index contributed by atoms with van der Waals surface area (Å²) < 4.78 is 0. The van der Waals surface area contributed by atoms with Gasteiger partial charge >= 0.3 is 0 Å². The minimum absolute atomic E-state index is 0.236. The lowest BCUT2D eigenvalue weighted by atomic mass is 9.61. The molecule has 2 atom stereocenters. The molecule has 102 valence electrons. The largest absolute Gasteiger partial charge is 0.378 e. The molecule has 20 heavy (non-hydrogen) atoms. The quantitative estimate of drug-likeness (QED) is 0.727. The van der Waals surface area contributed by atoms with Crippen molar-refractivity contribution >= 4 is 5.69 Å². The van der Waals surface area contributed by atoms with E-state index in [-0.39, 0.29) is 5.41 Å². The van der Waals surface area contributed by atoms with E-state index in [9.17, 15) is 0 Å². The predicted octanol–water partition coefficient (Wildman–Crippen LogP) is 4.69. The molecular formula is C19H21N. The number of nitrogens with one attached hydrogen (secondary N) is 1. The Kier molecular flexibility index (Phi) is 2.47. The number of rotatable bonds is 0. The first-order valence-corrected chi connectivity index (χ1v) is 7.62. The van der Waals surface area contributed by atoms with Gasteiger partial charge in [0.2, 0.25) is 0 Å². The van der Waals surface area contributed by atoms with Crippen molar-refractivity contribution in [3.63, 3.8) is 0 Å². The van der Waals surface area contributed by atoms with E-state index in [1.807, 2.05) is 0 Å². The molecule has 2 aromatic carbocycles. The molecule has 4 rings (SSSR count). The van der Waals surface area contributed by atoms with E-state index in [4.69, 9.17) is 0 Å². The molecule has 0 saturated heterocycles. The van der Waals surface area contributed by atoms with Gasteiger partial charge in [-0.3, -0.25) is 0 Å². The summed E-state index contributed by atoms with van der Waals surface area (Å²) in [7, 11) is 0. The number of para-hydroxylation sites is 1. The van der Waals surface area contributed by atoms with Gasteiger partial charge in [0.1, 0.15) is 0 Å². The smallest absolute Gasteiger partial charge is 0.0553 e. The lowest BCUT2D eigenvalue weighted by Gasteiger charge is -2.49. The number of anilines is 1. The number of benzene rings is 2. The monoisotopic (exact) mass is 263 g/mol. The van der Waals surface area contributed by atoms with Crippen LogP contribution in [0.2, 0.25) is 0 Å². The summed E-state index contributed by atoms with van der Waals surface area (Å²) in [5.41, 5.74) is 6.05. The molecule has 1 aliphatic carbocycles. The maximum Gasteiger partial charge on any atom is 0.0553 e. The van der Waals surface area contributed by atoms with Crippen molar-refractivity contribution in [2.24, 2.45) is 5.92 Å². The van der Waals surface area contributed by atoms with Crippen molar-refractivity contribution in [1.29, 1.82) is 0 Å². The Hall–Kier alpha value is -1.76. The lowest BCUT2D eigenvalue weighted by Crippen LogP contribution is -2.43. The predicted molar refractivity (Wildman–Crippen MR) is 84.1 cm³/mol. The number of fused-ring (bicyclic) bond motifs is 4. The Balaban J connectivity index is 1.88. The minimum atomic E-state index is 0.236. The summed E-state index contributed by atoms with van der Waals surface area (Å²) in [6.45, 7) is 4.83. The Morgan fingerprint density at radius 2 is 1.75 bits per heavy atom. The second-order valence-corrected chi connectivity index (χ2v) is 6.73. The van der Waals surface area contributed by atoms with Gasteiger partial charge in [-0.1, -0.05) is 56.3 Å². The minimum Gasteiger partial charge on any atom is -0.378 e. The fourth-order valence-electron chi connectivity index (χ4n) is 4.25. The van der Waals surface area contributed by atoms with E-state index in [0.717, 1.165) is 0 Å². The van der Waals surface area contributed by atoms with Crippen LogP contribution in [0.5, 0.6) is 0 Å². The third-order valence-electron chi connectivity index (χ3n) is 5.38. The molecule has 1 aliphatic heterocycles. The SMILES string of the molecule is CC1(C)c2ccccc2N[C@@H]2c3ccccc3CC[C@H]21. The highest BCUT2D eigenvalue weighted by Gasteiger charge is 2.44. The molecule has 1 heteroatoms. The van der Waals surface area contributed by atoms with Crippen LogP contribution in [0.4, 0.5) is 5.69 Å². The van der Waals surface area contributed by atoms with Crippen molar-refractivity contribution < 1.29 is 0 Å². The van der Waals surface area contributed by atoms with Crippen molar-refractivity contribution in [3.8, 4) is 0 Å². The van der Waals surface area contributed by atoms with Crippen molar-refractivity contribution in [2.75, 3.05) is 5.32 Å². The number of aryl methyl sites for hydroxylation is 1. The number of hydrogen-bond acceptors (Lipinski definition) is 1. The van der Waals surface area contributed by atoms with Crippen LogP contribution in [0, 0.1) is 5.92 Å². The summed E-state index contributed by atoms with van der Waals surface area (Å²) >= 11 is 0. The fraction of sp³-hybridized carbons (Fsp3) is 0.368. The van der Waals surface area contributed by atoms with Gasteiger partial charge in [0.25, 0.3) is 0 Å². The van der Waals surface area contributed by atoms with Gasteiger partial charge in [0.05, 0.1) is 6.04 Å². The van der Waals surface area contributed by atoms with Gasteiger partial charge in [-0.2, -0.15) is 0 Å². The van der Waals surface area contributed by atoms with Crippen LogP contribution < -0.4 is 5.32 Å². The summed E-state index contributed by atoms with van der Waals surface area (Å²) in [5, 5.41) is 3.81. The van der Waals surface area contributed by atoms with Gasteiger partial charge in [-0.05, 0) is 46.9 Å². The topological polar surface area (TPSA) is 12.0 Å². The van der Waals surface area contributed by atoms with E-state index in [1.165, 1.54) is 35.2 Å². The second-order valence-electron chi connectivity index (χ2n) is 6.73. The molecular weight excluding hydrogens is 242 g/mol. The summed E-state index contributed by atoms with van der Waals surface area (Å²) in [5.74, 6) is 0.673. The van der Waals surface area contributed by atoms with E-state index >= 15 is 0 Å². The van der Waals surface area contributed by atoms with Crippen LogP contribution >= 0.6 is 0 Å². The fourth-order valence-corrected chi connectivity index (χ4v) is 4.25. The molecule has 2 aromatic rings. The van der Waals surface area contributed by atoms with Crippen molar-refractivity contribution in [2.45, 2.75) is 38.1 Å². The van der Waals surface area contributed by atoms with Crippen LogP contribution in [-0.4, -0.2) is 0 Å². The molecule has 0 saturated carbocycles. The van der Waals surface area contributed by atoms with Crippen LogP contribution in [0.3, 0.4) is 0 Å². The number of hydrogen-bond donors (Lipinski definition) is 1. The maximum atomic E-state index is 3.81. The molecule has 2 aliphatic rings. The lowest BCUT2D eigenvalue weighted by molar-refractivity contribution is 0.240. The van der Waals surface area contributed by atoms with E-state index in [2.05, 4.69) is 67.7 Å². The zero-order chi connectivity index (χ0) is 13.7. The highest BCUT2D eigenvalue weighted by Crippen LogP contribution is 2.52. The molecule has 0 fully saturated rings. The van der Waals surface area contributed by atoms with Gasteiger partial charge in [-0.15, -0.1) is 0 Å². The molecule has 1 heterocycles. The summed E-state index contributed by atoms with van der Waals surface area (Å²) in [6, 6.07) is 18.2. The third kappa shape index (κ3) is 1.56. The molecule has 0 radical (unpaired) electrons. The molecule has 0 bridgehead atoms. The molecule has 0 spiro atoms. The first-order valence-electron chi connectivity index (χ1n) is 7.62. The highest BCUT2D eigenvalue weighted by atomic mass is 15.0. The van der Waals surface area contributed by atoms with Crippen LogP contribution in [0.1, 0.15) is 43.0 Å². The second kappa shape index (κ2) is 4.12. The standard InChI is InChI=1S/C19H21N/c1-19(2)15-9-5-6-10-17(15)20-18-14-8-4-3-7-13(14)11-12-16(18)19/h3-10,16,18,20H,11-12H2,1-2H3/t16-,18-/m1/s1. The van der Waals surface area contributed by atoms with E-state index in [0.29, 0.717) is 12.0 Å². The Morgan fingerprint density at radius 1 is 1.00 bits per heavy atom. The average molecular weight is 263 g/mol. The molecule has 1 nitrogen and oxygen atoms in total.